The van der Waals surface area contributed by atoms with Crippen LogP contribution in [0.5, 0.6) is 0 Å². The molecule has 70 valence electrons. The average Bonchev–Trinajstić information content (AvgIpc) is 2.23. The number of rotatable bonds is 1. The first kappa shape index (κ1) is 8.43. The second-order valence-electron chi connectivity index (χ2n) is 2.78. The third-order valence-corrected chi connectivity index (χ3v) is 1.78. The summed E-state index contributed by atoms with van der Waals surface area (Å²) >= 11 is 0. The van der Waals surface area contributed by atoms with Crippen LogP contribution in [0.1, 0.15) is 0 Å². The van der Waals surface area contributed by atoms with E-state index in [0.29, 0.717) is 17.2 Å². The van der Waals surface area contributed by atoms with E-state index in [1.165, 1.54) is 0 Å². The van der Waals surface area contributed by atoms with E-state index < -0.39 is 0 Å². The Bertz CT molecular complexity index is 440. The van der Waals surface area contributed by atoms with Gasteiger partial charge in [0.15, 0.2) is 5.82 Å². The van der Waals surface area contributed by atoms with Crippen molar-refractivity contribution in [1.82, 2.24) is 15.2 Å². The second-order valence-corrected chi connectivity index (χ2v) is 2.78. The van der Waals surface area contributed by atoms with Crippen molar-refractivity contribution in [2.24, 2.45) is 0 Å². The lowest BCUT2D eigenvalue weighted by molar-refractivity contribution is 1.05. The summed E-state index contributed by atoms with van der Waals surface area (Å²) in [6.45, 7) is 0. The second kappa shape index (κ2) is 3.29. The molecule has 0 atom stereocenters. The molecule has 0 amide bonds. The summed E-state index contributed by atoms with van der Waals surface area (Å²) in [6, 6.07) is 7.20. The Balaban J connectivity index is 2.57. The van der Waals surface area contributed by atoms with Crippen LogP contribution in [0.25, 0.3) is 11.3 Å². The SMILES string of the molecule is Nc1cc(-c2ccccn2)c(N)nn1. The summed E-state index contributed by atoms with van der Waals surface area (Å²) in [5.41, 5.74) is 12.6. The van der Waals surface area contributed by atoms with Crippen molar-refractivity contribution >= 4 is 11.6 Å². The minimum Gasteiger partial charge on any atom is -0.382 e. The van der Waals surface area contributed by atoms with Gasteiger partial charge in [0.25, 0.3) is 0 Å². The average molecular weight is 187 g/mol. The largest absolute Gasteiger partial charge is 0.382 e. The highest BCUT2D eigenvalue weighted by Gasteiger charge is 2.05. The molecule has 0 aromatic carbocycles. The van der Waals surface area contributed by atoms with Gasteiger partial charge >= 0.3 is 0 Å². The lowest BCUT2D eigenvalue weighted by atomic mass is 10.2. The Labute approximate surface area is 80.8 Å². The number of anilines is 2. The monoisotopic (exact) mass is 187 g/mol. The van der Waals surface area contributed by atoms with Crippen molar-refractivity contribution in [1.29, 1.82) is 0 Å². The molecule has 0 bridgehead atoms. The van der Waals surface area contributed by atoms with Crippen molar-refractivity contribution in [3.05, 3.63) is 30.5 Å². The number of aromatic nitrogens is 3. The fourth-order valence-electron chi connectivity index (χ4n) is 1.14. The van der Waals surface area contributed by atoms with E-state index in [1.807, 2.05) is 18.2 Å². The molecule has 0 aliphatic carbocycles. The summed E-state index contributed by atoms with van der Waals surface area (Å²) in [5, 5.41) is 7.36. The molecule has 0 spiro atoms. The third kappa shape index (κ3) is 1.47. The minimum atomic E-state index is 0.331. The first-order chi connectivity index (χ1) is 6.77. The van der Waals surface area contributed by atoms with Crippen molar-refractivity contribution in [3.63, 3.8) is 0 Å². The number of nitrogen functional groups attached to an aromatic ring is 2. The summed E-state index contributed by atoms with van der Waals surface area (Å²) in [6.07, 6.45) is 1.69. The highest BCUT2D eigenvalue weighted by atomic mass is 15.2. The standard InChI is InChI=1S/C9H9N5/c10-8-5-6(9(11)14-13-8)7-3-1-2-4-12-7/h1-5H,(H2,10,13)(H2,11,14). The van der Waals surface area contributed by atoms with Gasteiger partial charge < -0.3 is 11.5 Å². The van der Waals surface area contributed by atoms with Crippen LogP contribution in [-0.2, 0) is 0 Å². The van der Waals surface area contributed by atoms with Crippen LogP contribution < -0.4 is 11.5 Å². The Morgan fingerprint density at radius 1 is 1.07 bits per heavy atom. The molecule has 2 heterocycles. The predicted molar refractivity (Wildman–Crippen MR) is 54.1 cm³/mol. The molecule has 2 aromatic heterocycles. The fourth-order valence-corrected chi connectivity index (χ4v) is 1.14. The first-order valence-electron chi connectivity index (χ1n) is 4.07. The zero-order valence-electron chi connectivity index (χ0n) is 7.38. The maximum absolute atomic E-state index is 5.65. The molecule has 0 aliphatic heterocycles. The predicted octanol–water partition coefficient (Wildman–Crippen LogP) is 0.703. The Morgan fingerprint density at radius 3 is 2.64 bits per heavy atom. The maximum atomic E-state index is 5.65. The van der Waals surface area contributed by atoms with Crippen LogP contribution >= 0.6 is 0 Å². The summed E-state index contributed by atoms with van der Waals surface area (Å²) < 4.78 is 0. The normalized spacial score (nSPS) is 10.0. The highest BCUT2D eigenvalue weighted by molar-refractivity contribution is 5.72. The molecule has 0 aliphatic rings. The molecular formula is C9H9N5. The minimum absolute atomic E-state index is 0.331. The van der Waals surface area contributed by atoms with E-state index >= 15 is 0 Å². The lowest BCUT2D eigenvalue weighted by Crippen LogP contribution is -2.00. The Hall–Kier alpha value is -2.17. The summed E-state index contributed by atoms with van der Waals surface area (Å²) in [4.78, 5) is 4.15. The summed E-state index contributed by atoms with van der Waals surface area (Å²) in [5.74, 6) is 0.665. The van der Waals surface area contributed by atoms with Crippen molar-refractivity contribution in [3.8, 4) is 11.3 Å². The molecule has 2 aromatic rings. The van der Waals surface area contributed by atoms with Gasteiger partial charge in [-0.3, -0.25) is 4.98 Å². The van der Waals surface area contributed by atoms with Gasteiger partial charge in [0.2, 0.25) is 0 Å². The highest BCUT2D eigenvalue weighted by Crippen LogP contribution is 2.22. The Kier molecular flexibility index (Phi) is 1.98. The van der Waals surface area contributed by atoms with E-state index in [1.54, 1.807) is 12.3 Å². The summed E-state index contributed by atoms with van der Waals surface area (Å²) in [7, 11) is 0. The zero-order valence-corrected chi connectivity index (χ0v) is 7.38. The quantitative estimate of drug-likeness (QED) is 0.685. The maximum Gasteiger partial charge on any atom is 0.155 e. The molecule has 2 rings (SSSR count). The van der Waals surface area contributed by atoms with Gasteiger partial charge in [-0.1, -0.05) is 6.07 Å². The van der Waals surface area contributed by atoms with E-state index in [-0.39, 0.29) is 0 Å². The molecule has 4 N–H and O–H groups in total. The Morgan fingerprint density at radius 2 is 1.93 bits per heavy atom. The third-order valence-electron chi connectivity index (χ3n) is 1.78. The van der Waals surface area contributed by atoms with Crippen molar-refractivity contribution < 1.29 is 0 Å². The molecule has 14 heavy (non-hydrogen) atoms. The van der Waals surface area contributed by atoms with Gasteiger partial charge in [0.05, 0.1) is 5.69 Å². The number of pyridine rings is 1. The van der Waals surface area contributed by atoms with E-state index in [0.717, 1.165) is 5.69 Å². The molecule has 0 saturated heterocycles. The number of hydrogen-bond acceptors (Lipinski definition) is 5. The smallest absolute Gasteiger partial charge is 0.155 e. The van der Waals surface area contributed by atoms with E-state index in [9.17, 15) is 0 Å². The van der Waals surface area contributed by atoms with Gasteiger partial charge in [-0.25, -0.2) is 0 Å². The van der Waals surface area contributed by atoms with Crippen LogP contribution in [0.4, 0.5) is 11.6 Å². The molecular weight excluding hydrogens is 178 g/mol. The van der Waals surface area contributed by atoms with Gasteiger partial charge in [-0.2, -0.15) is 0 Å². The van der Waals surface area contributed by atoms with Crippen LogP contribution in [-0.4, -0.2) is 15.2 Å². The topological polar surface area (TPSA) is 90.7 Å². The fraction of sp³-hybridized carbons (Fsp3) is 0. The van der Waals surface area contributed by atoms with Crippen molar-refractivity contribution in [2.75, 3.05) is 11.5 Å². The molecule has 0 radical (unpaired) electrons. The number of nitrogens with zero attached hydrogens (tertiary/aromatic N) is 3. The molecule has 0 fully saturated rings. The zero-order chi connectivity index (χ0) is 9.97. The molecule has 5 nitrogen and oxygen atoms in total. The van der Waals surface area contributed by atoms with E-state index in [2.05, 4.69) is 15.2 Å². The van der Waals surface area contributed by atoms with Gasteiger partial charge in [-0.05, 0) is 18.2 Å². The molecule has 5 heteroatoms. The lowest BCUT2D eigenvalue weighted by Gasteiger charge is -2.03. The van der Waals surface area contributed by atoms with Crippen LogP contribution in [0.3, 0.4) is 0 Å². The molecule has 0 saturated carbocycles. The van der Waals surface area contributed by atoms with Crippen LogP contribution in [0.15, 0.2) is 30.5 Å². The van der Waals surface area contributed by atoms with Crippen molar-refractivity contribution in [2.45, 2.75) is 0 Å². The number of nitrogens with two attached hydrogens (primary N) is 2. The molecule has 0 unspecified atom stereocenters. The first-order valence-corrected chi connectivity index (χ1v) is 4.07. The van der Waals surface area contributed by atoms with Crippen LogP contribution in [0, 0.1) is 0 Å². The van der Waals surface area contributed by atoms with Crippen LogP contribution in [0.2, 0.25) is 0 Å². The van der Waals surface area contributed by atoms with Gasteiger partial charge in [0.1, 0.15) is 5.82 Å². The van der Waals surface area contributed by atoms with Gasteiger partial charge in [-0.15, -0.1) is 10.2 Å². The van der Waals surface area contributed by atoms with Gasteiger partial charge in [0, 0.05) is 11.8 Å². The van der Waals surface area contributed by atoms with E-state index in [4.69, 9.17) is 11.5 Å². The number of hydrogen-bond donors (Lipinski definition) is 2.